The zero-order valence-electron chi connectivity index (χ0n) is 9.86. The molecule has 0 spiro atoms. The van der Waals surface area contributed by atoms with Crippen LogP contribution in [0.25, 0.3) is 0 Å². The molecule has 1 aliphatic heterocycles. The Morgan fingerprint density at radius 2 is 1.81 bits per heavy atom. The van der Waals surface area contributed by atoms with Crippen LogP contribution in [0.2, 0.25) is 0 Å². The fraction of sp³-hybridized carbons (Fsp3) is 0.538. The Morgan fingerprint density at radius 3 is 2.31 bits per heavy atom. The molecule has 88 valence electrons. The van der Waals surface area contributed by atoms with Crippen LogP contribution in [0, 0.1) is 0 Å². The van der Waals surface area contributed by atoms with Crippen LogP contribution in [0.1, 0.15) is 25.3 Å². The summed E-state index contributed by atoms with van der Waals surface area (Å²) in [6.45, 7) is 2.29. The third kappa shape index (κ3) is 2.35. The first-order chi connectivity index (χ1) is 7.80. The molecule has 0 aromatic heterocycles. The summed E-state index contributed by atoms with van der Waals surface area (Å²) in [5.41, 5.74) is 1.44. The van der Waals surface area contributed by atoms with E-state index in [1.54, 1.807) is 7.11 Å². The Hall–Kier alpha value is -0.280. The van der Waals surface area contributed by atoms with Gasteiger partial charge in [0.05, 0.1) is 11.2 Å². The minimum absolute atomic E-state index is 0.282. The first-order valence-corrected chi connectivity index (χ1v) is 7.70. The highest BCUT2D eigenvalue weighted by Crippen LogP contribution is 2.52. The van der Waals surface area contributed by atoms with Crippen molar-refractivity contribution in [3.8, 4) is 5.75 Å². The Labute approximate surface area is 106 Å². The number of ether oxygens (including phenoxy) is 1. The van der Waals surface area contributed by atoms with Crippen LogP contribution in [0.4, 0.5) is 0 Å². The van der Waals surface area contributed by atoms with Gasteiger partial charge in [0, 0.05) is 0 Å². The molecule has 0 aliphatic carbocycles. The highest BCUT2D eigenvalue weighted by molar-refractivity contribution is 8.18. The zero-order chi connectivity index (χ0) is 11.4. The first-order valence-electron chi connectivity index (χ1n) is 5.73. The lowest BCUT2D eigenvalue weighted by Gasteiger charge is -2.35. The quantitative estimate of drug-likeness (QED) is 0.802. The van der Waals surface area contributed by atoms with Gasteiger partial charge in [-0.25, -0.2) is 0 Å². The molecule has 0 saturated carbocycles. The normalized spacial score (nSPS) is 19.4. The average molecular weight is 254 g/mol. The van der Waals surface area contributed by atoms with Crippen molar-refractivity contribution in [2.75, 3.05) is 18.6 Å². The molecule has 0 amide bonds. The van der Waals surface area contributed by atoms with Crippen molar-refractivity contribution in [1.82, 2.24) is 0 Å². The van der Waals surface area contributed by atoms with E-state index in [-0.39, 0.29) is 4.08 Å². The van der Waals surface area contributed by atoms with Crippen LogP contribution in [-0.2, 0) is 4.08 Å². The topological polar surface area (TPSA) is 9.23 Å². The van der Waals surface area contributed by atoms with Crippen LogP contribution in [0.3, 0.4) is 0 Å². The van der Waals surface area contributed by atoms with Gasteiger partial charge in [-0.05, 0) is 42.0 Å². The minimum Gasteiger partial charge on any atom is -0.497 e. The summed E-state index contributed by atoms with van der Waals surface area (Å²) in [7, 11) is 1.72. The first kappa shape index (κ1) is 12.2. The lowest BCUT2D eigenvalue weighted by Crippen LogP contribution is -2.21. The van der Waals surface area contributed by atoms with Crippen molar-refractivity contribution in [3.63, 3.8) is 0 Å². The molecule has 0 radical (unpaired) electrons. The predicted molar refractivity (Wildman–Crippen MR) is 74.5 cm³/mol. The molecule has 3 heteroatoms. The Bertz CT molecular complexity index is 328. The molecule has 1 nitrogen and oxygen atoms in total. The number of thioether (sulfide) groups is 2. The lowest BCUT2D eigenvalue weighted by molar-refractivity contribution is 0.414. The van der Waals surface area contributed by atoms with Gasteiger partial charge in [-0.15, -0.1) is 23.5 Å². The monoisotopic (exact) mass is 254 g/mol. The molecule has 1 aliphatic rings. The smallest absolute Gasteiger partial charge is 0.118 e. The van der Waals surface area contributed by atoms with Gasteiger partial charge in [-0.2, -0.15) is 0 Å². The Kier molecular flexibility index (Phi) is 4.09. The third-order valence-electron chi connectivity index (χ3n) is 2.95. The number of methoxy groups -OCH3 is 1. The maximum absolute atomic E-state index is 5.21. The summed E-state index contributed by atoms with van der Waals surface area (Å²) in [6.07, 6.45) is 2.53. The minimum atomic E-state index is 0.282. The standard InChI is InChI=1S/C13H18OS2/c1-3-13(15-9-4-10-16-13)11-5-7-12(14-2)8-6-11/h5-8H,3-4,9-10H2,1-2H3. The van der Waals surface area contributed by atoms with Crippen LogP contribution in [0.15, 0.2) is 24.3 Å². The Morgan fingerprint density at radius 1 is 1.19 bits per heavy atom. The van der Waals surface area contributed by atoms with Crippen LogP contribution >= 0.6 is 23.5 Å². The van der Waals surface area contributed by atoms with E-state index < -0.39 is 0 Å². The van der Waals surface area contributed by atoms with E-state index >= 15 is 0 Å². The molecule has 1 aromatic rings. The molecule has 2 rings (SSSR count). The Balaban J connectivity index is 2.24. The van der Waals surface area contributed by atoms with E-state index in [4.69, 9.17) is 4.74 Å². The van der Waals surface area contributed by atoms with Gasteiger partial charge in [0.2, 0.25) is 0 Å². The maximum atomic E-state index is 5.21. The van der Waals surface area contributed by atoms with Crippen molar-refractivity contribution in [2.45, 2.75) is 23.8 Å². The molecule has 1 fully saturated rings. The van der Waals surface area contributed by atoms with Crippen molar-refractivity contribution in [2.24, 2.45) is 0 Å². The largest absolute Gasteiger partial charge is 0.497 e. The molecule has 16 heavy (non-hydrogen) atoms. The molecule has 0 N–H and O–H groups in total. The summed E-state index contributed by atoms with van der Waals surface area (Å²) in [5.74, 6) is 3.51. The van der Waals surface area contributed by atoms with Crippen LogP contribution < -0.4 is 4.74 Å². The van der Waals surface area contributed by atoms with Crippen LogP contribution in [0.5, 0.6) is 5.75 Å². The molecular formula is C13H18OS2. The second-order valence-electron chi connectivity index (χ2n) is 3.89. The second kappa shape index (κ2) is 5.37. The van der Waals surface area contributed by atoms with Gasteiger partial charge in [0.1, 0.15) is 5.75 Å². The van der Waals surface area contributed by atoms with E-state index in [2.05, 4.69) is 54.7 Å². The molecule has 0 bridgehead atoms. The highest BCUT2D eigenvalue weighted by Gasteiger charge is 2.33. The van der Waals surface area contributed by atoms with E-state index in [9.17, 15) is 0 Å². The van der Waals surface area contributed by atoms with E-state index in [0.717, 1.165) is 5.75 Å². The third-order valence-corrected chi connectivity index (χ3v) is 6.63. The zero-order valence-corrected chi connectivity index (χ0v) is 11.5. The number of hydrogen-bond acceptors (Lipinski definition) is 3. The van der Waals surface area contributed by atoms with Gasteiger partial charge >= 0.3 is 0 Å². The molecule has 1 aromatic carbocycles. The molecule has 1 heterocycles. The van der Waals surface area contributed by atoms with Gasteiger partial charge in [-0.1, -0.05) is 19.1 Å². The summed E-state index contributed by atoms with van der Waals surface area (Å²) in [4.78, 5) is 0. The predicted octanol–water partition coefficient (Wildman–Crippen LogP) is 4.13. The fourth-order valence-corrected chi connectivity index (χ4v) is 5.26. The lowest BCUT2D eigenvalue weighted by atomic mass is 10.1. The van der Waals surface area contributed by atoms with Crippen molar-refractivity contribution >= 4 is 23.5 Å². The van der Waals surface area contributed by atoms with E-state index in [0.29, 0.717) is 0 Å². The molecule has 1 saturated heterocycles. The van der Waals surface area contributed by atoms with Gasteiger partial charge in [0.25, 0.3) is 0 Å². The summed E-state index contributed by atoms with van der Waals surface area (Å²) in [6, 6.07) is 8.58. The summed E-state index contributed by atoms with van der Waals surface area (Å²) < 4.78 is 5.49. The second-order valence-corrected chi connectivity index (χ2v) is 6.93. The highest BCUT2D eigenvalue weighted by atomic mass is 32.2. The van der Waals surface area contributed by atoms with Gasteiger partial charge in [-0.3, -0.25) is 0 Å². The average Bonchev–Trinajstić information content (AvgIpc) is 2.39. The summed E-state index contributed by atoms with van der Waals surface area (Å²) >= 11 is 4.20. The number of rotatable bonds is 3. The van der Waals surface area contributed by atoms with Gasteiger partial charge in [0.15, 0.2) is 0 Å². The van der Waals surface area contributed by atoms with Crippen molar-refractivity contribution in [1.29, 1.82) is 0 Å². The molecule has 0 atom stereocenters. The van der Waals surface area contributed by atoms with Crippen molar-refractivity contribution < 1.29 is 4.74 Å². The fourth-order valence-electron chi connectivity index (χ4n) is 1.99. The number of hydrogen-bond donors (Lipinski definition) is 0. The van der Waals surface area contributed by atoms with E-state index in [1.165, 1.54) is 29.9 Å². The van der Waals surface area contributed by atoms with Crippen molar-refractivity contribution in [3.05, 3.63) is 29.8 Å². The molecule has 0 unspecified atom stereocenters. The summed E-state index contributed by atoms with van der Waals surface area (Å²) in [5, 5.41) is 0. The number of benzene rings is 1. The van der Waals surface area contributed by atoms with Gasteiger partial charge < -0.3 is 4.74 Å². The van der Waals surface area contributed by atoms with E-state index in [1.807, 2.05) is 0 Å². The maximum Gasteiger partial charge on any atom is 0.118 e. The van der Waals surface area contributed by atoms with Crippen LogP contribution in [-0.4, -0.2) is 18.6 Å². The molecular weight excluding hydrogens is 236 g/mol. The SMILES string of the molecule is CCC1(c2ccc(OC)cc2)SCCCS1.